The number of amides is 2. The Kier molecular flexibility index (Phi) is 3.03. The highest BCUT2D eigenvalue weighted by Crippen LogP contribution is 2.27. The second-order valence-corrected chi connectivity index (χ2v) is 4.90. The summed E-state index contributed by atoms with van der Waals surface area (Å²) in [5.74, 6) is -0.503. The summed E-state index contributed by atoms with van der Waals surface area (Å²) < 4.78 is 0. The van der Waals surface area contributed by atoms with E-state index in [-0.39, 0.29) is 11.9 Å². The molecular formula is C11H18N2O3. The number of carbonyl (C=O) groups excluding carboxylic acids is 1. The van der Waals surface area contributed by atoms with Gasteiger partial charge in [0.1, 0.15) is 0 Å². The summed E-state index contributed by atoms with van der Waals surface area (Å²) >= 11 is 0. The summed E-state index contributed by atoms with van der Waals surface area (Å²) in [6, 6.07) is -0.0237. The van der Waals surface area contributed by atoms with Crippen LogP contribution in [0.3, 0.4) is 0 Å². The van der Waals surface area contributed by atoms with Gasteiger partial charge in [0.05, 0.1) is 5.92 Å². The van der Waals surface area contributed by atoms with E-state index in [2.05, 4.69) is 0 Å². The summed E-state index contributed by atoms with van der Waals surface area (Å²) in [5, 5.41) is 8.71. The minimum Gasteiger partial charge on any atom is -0.481 e. The summed E-state index contributed by atoms with van der Waals surface area (Å²) in [7, 11) is 1.80. The maximum atomic E-state index is 11.8. The van der Waals surface area contributed by atoms with Crippen molar-refractivity contribution in [3.05, 3.63) is 0 Å². The molecule has 0 bridgehead atoms. The van der Waals surface area contributed by atoms with Crippen molar-refractivity contribution < 1.29 is 14.7 Å². The predicted octanol–water partition coefficient (Wildman–Crippen LogP) is 0.855. The molecule has 1 heterocycles. The smallest absolute Gasteiger partial charge is 0.319 e. The van der Waals surface area contributed by atoms with Gasteiger partial charge in [0.2, 0.25) is 0 Å². The van der Waals surface area contributed by atoms with Crippen LogP contribution in [0.15, 0.2) is 0 Å². The molecule has 16 heavy (non-hydrogen) atoms. The lowest BCUT2D eigenvalue weighted by Crippen LogP contribution is -2.57. The lowest BCUT2D eigenvalue weighted by atomic mass is 9.85. The van der Waals surface area contributed by atoms with Crippen LogP contribution in [0, 0.1) is 11.8 Å². The molecule has 1 saturated carbocycles. The summed E-state index contributed by atoms with van der Waals surface area (Å²) in [6.45, 7) is 1.54. The largest absolute Gasteiger partial charge is 0.481 e. The molecule has 1 saturated heterocycles. The second-order valence-electron chi connectivity index (χ2n) is 4.90. The number of carbonyl (C=O) groups is 2. The molecule has 0 unspecified atom stereocenters. The molecule has 0 aromatic carbocycles. The van der Waals surface area contributed by atoms with E-state index in [0.717, 1.165) is 6.54 Å². The third-order valence-electron chi connectivity index (χ3n) is 3.58. The molecule has 90 valence electrons. The van der Waals surface area contributed by atoms with Gasteiger partial charge in [-0.3, -0.25) is 4.79 Å². The van der Waals surface area contributed by atoms with Crippen LogP contribution in [0.4, 0.5) is 4.79 Å². The van der Waals surface area contributed by atoms with Crippen LogP contribution < -0.4 is 0 Å². The normalized spacial score (nSPS) is 21.2. The molecule has 5 heteroatoms. The van der Waals surface area contributed by atoms with E-state index in [1.165, 1.54) is 19.3 Å². The van der Waals surface area contributed by atoms with Crippen LogP contribution >= 0.6 is 0 Å². The van der Waals surface area contributed by atoms with Gasteiger partial charge in [0.25, 0.3) is 0 Å². The molecule has 2 fully saturated rings. The van der Waals surface area contributed by atoms with Crippen molar-refractivity contribution in [2.45, 2.75) is 19.3 Å². The molecule has 2 amide bonds. The van der Waals surface area contributed by atoms with E-state index in [1.807, 2.05) is 0 Å². The van der Waals surface area contributed by atoms with Crippen LogP contribution in [-0.2, 0) is 4.79 Å². The van der Waals surface area contributed by atoms with Crippen molar-refractivity contribution >= 4 is 12.0 Å². The van der Waals surface area contributed by atoms with Crippen molar-refractivity contribution in [1.82, 2.24) is 9.80 Å². The third-order valence-corrected chi connectivity index (χ3v) is 3.58. The first kappa shape index (κ1) is 11.2. The Hall–Kier alpha value is -1.26. The highest BCUT2D eigenvalue weighted by Gasteiger charge is 2.37. The maximum absolute atomic E-state index is 11.8. The molecule has 2 rings (SSSR count). The minimum absolute atomic E-state index is 0.0237. The first-order valence-electron chi connectivity index (χ1n) is 5.80. The molecule has 0 radical (unpaired) electrons. The molecule has 0 aromatic rings. The molecule has 0 spiro atoms. The number of hydrogen-bond acceptors (Lipinski definition) is 2. The van der Waals surface area contributed by atoms with Crippen molar-refractivity contribution in [3.63, 3.8) is 0 Å². The van der Waals surface area contributed by atoms with Gasteiger partial charge in [-0.05, 0) is 18.8 Å². The number of hydrogen-bond donors (Lipinski definition) is 1. The van der Waals surface area contributed by atoms with E-state index in [0.29, 0.717) is 19.0 Å². The Labute approximate surface area is 95.0 Å². The molecule has 1 aliphatic carbocycles. The van der Waals surface area contributed by atoms with Crippen molar-refractivity contribution in [1.29, 1.82) is 0 Å². The number of aliphatic carboxylic acids is 1. The number of urea groups is 1. The second kappa shape index (κ2) is 4.31. The predicted molar refractivity (Wildman–Crippen MR) is 58.1 cm³/mol. The van der Waals surface area contributed by atoms with E-state index in [9.17, 15) is 9.59 Å². The third kappa shape index (κ3) is 2.13. The zero-order valence-corrected chi connectivity index (χ0v) is 9.56. The van der Waals surface area contributed by atoms with Crippen molar-refractivity contribution in [2.75, 3.05) is 26.7 Å². The van der Waals surface area contributed by atoms with Gasteiger partial charge in [0, 0.05) is 26.7 Å². The van der Waals surface area contributed by atoms with E-state index in [1.54, 1.807) is 16.8 Å². The fourth-order valence-electron chi connectivity index (χ4n) is 2.17. The molecule has 0 aromatic heterocycles. The summed E-state index contributed by atoms with van der Waals surface area (Å²) in [5.41, 5.74) is 0. The fraction of sp³-hybridized carbons (Fsp3) is 0.818. The van der Waals surface area contributed by atoms with Crippen molar-refractivity contribution in [2.24, 2.45) is 11.8 Å². The quantitative estimate of drug-likeness (QED) is 0.776. The van der Waals surface area contributed by atoms with Crippen LogP contribution in [0.1, 0.15) is 19.3 Å². The van der Waals surface area contributed by atoms with Crippen LogP contribution in [0.2, 0.25) is 0 Å². The SMILES string of the molecule is CN(CC1CCC1)C(=O)N1CC(C(=O)O)C1. The Morgan fingerprint density at radius 1 is 1.38 bits per heavy atom. The van der Waals surface area contributed by atoms with E-state index >= 15 is 0 Å². The monoisotopic (exact) mass is 226 g/mol. The minimum atomic E-state index is -0.800. The highest BCUT2D eigenvalue weighted by atomic mass is 16.4. The molecule has 1 aliphatic heterocycles. The van der Waals surface area contributed by atoms with Gasteiger partial charge in [-0.2, -0.15) is 0 Å². The van der Waals surface area contributed by atoms with Gasteiger partial charge >= 0.3 is 12.0 Å². The van der Waals surface area contributed by atoms with Gasteiger partial charge < -0.3 is 14.9 Å². The number of rotatable bonds is 3. The molecule has 0 atom stereocenters. The van der Waals surface area contributed by atoms with Crippen LogP contribution in [-0.4, -0.2) is 53.6 Å². The zero-order valence-electron chi connectivity index (χ0n) is 9.56. The standard InChI is InChI=1S/C11H18N2O3/c1-12(5-8-3-2-4-8)11(16)13-6-9(7-13)10(14)15/h8-9H,2-7H2,1H3,(H,14,15). The molecular weight excluding hydrogens is 208 g/mol. The highest BCUT2D eigenvalue weighted by molar-refractivity contribution is 5.79. The lowest BCUT2D eigenvalue weighted by Gasteiger charge is -2.40. The number of carboxylic acids is 1. The molecule has 1 N–H and O–H groups in total. The average Bonchev–Trinajstić information content (AvgIpc) is 2.07. The van der Waals surface area contributed by atoms with Gasteiger partial charge in [-0.25, -0.2) is 4.79 Å². The van der Waals surface area contributed by atoms with Crippen molar-refractivity contribution in [3.8, 4) is 0 Å². The van der Waals surface area contributed by atoms with Gasteiger partial charge in [-0.1, -0.05) is 6.42 Å². The Morgan fingerprint density at radius 3 is 2.44 bits per heavy atom. The van der Waals surface area contributed by atoms with Gasteiger partial charge in [0.15, 0.2) is 0 Å². The lowest BCUT2D eigenvalue weighted by molar-refractivity contribution is -0.146. The Morgan fingerprint density at radius 2 is 2.00 bits per heavy atom. The topological polar surface area (TPSA) is 60.9 Å². The Bertz CT molecular complexity index is 296. The van der Waals surface area contributed by atoms with Crippen LogP contribution in [0.5, 0.6) is 0 Å². The maximum Gasteiger partial charge on any atom is 0.319 e. The van der Waals surface area contributed by atoms with E-state index in [4.69, 9.17) is 5.11 Å². The number of likely N-dealkylation sites (tertiary alicyclic amines) is 1. The zero-order chi connectivity index (χ0) is 11.7. The fourth-order valence-corrected chi connectivity index (χ4v) is 2.17. The average molecular weight is 226 g/mol. The van der Waals surface area contributed by atoms with Gasteiger partial charge in [-0.15, -0.1) is 0 Å². The summed E-state index contributed by atoms with van der Waals surface area (Å²) in [6.07, 6.45) is 3.71. The number of carboxylic acid groups (broad SMARTS) is 1. The number of nitrogens with zero attached hydrogens (tertiary/aromatic N) is 2. The molecule has 5 nitrogen and oxygen atoms in total. The Balaban J connectivity index is 1.73. The first-order valence-corrected chi connectivity index (χ1v) is 5.80. The summed E-state index contributed by atoms with van der Waals surface area (Å²) in [4.78, 5) is 25.8. The molecule has 2 aliphatic rings. The van der Waals surface area contributed by atoms with Crippen LogP contribution in [0.25, 0.3) is 0 Å². The van der Waals surface area contributed by atoms with E-state index < -0.39 is 5.97 Å². The first-order chi connectivity index (χ1) is 7.58.